The van der Waals surface area contributed by atoms with E-state index in [2.05, 4.69) is 4.98 Å². The number of hydrogen-bond donors (Lipinski definition) is 1. The Labute approximate surface area is 122 Å². The van der Waals surface area contributed by atoms with Crippen LogP contribution in [0.4, 0.5) is 0 Å². The molecule has 1 aromatic carbocycles. The summed E-state index contributed by atoms with van der Waals surface area (Å²) >= 11 is 5.89. The molecule has 0 aliphatic heterocycles. The van der Waals surface area contributed by atoms with E-state index in [1.165, 1.54) is 0 Å². The fraction of sp³-hybridized carbons (Fsp3) is 0.200. The number of carboxylic acids is 1. The molecule has 1 aromatic heterocycles. The molecule has 2 rings (SSSR count). The van der Waals surface area contributed by atoms with Crippen LogP contribution >= 0.6 is 11.6 Å². The Hall–Kier alpha value is -2.07. The average Bonchev–Trinajstić information content (AvgIpc) is 2.35. The standard InChI is InChI=1S/C15H14ClNO3/c1-9-6-10(2)17-14(13(9)15(18)19)20-8-11-4-3-5-12(16)7-11/h3-7H,8H2,1-2H3,(H,18,19). The van der Waals surface area contributed by atoms with Crippen LogP contribution in [0.2, 0.25) is 5.02 Å². The number of aromatic nitrogens is 1. The predicted octanol–water partition coefficient (Wildman–Crippen LogP) is 3.63. The summed E-state index contributed by atoms with van der Waals surface area (Å²) < 4.78 is 5.55. The van der Waals surface area contributed by atoms with E-state index in [1.807, 2.05) is 12.1 Å². The molecule has 0 amide bonds. The normalized spacial score (nSPS) is 10.3. The Morgan fingerprint density at radius 3 is 2.75 bits per heavy atom. The molecule has 0 spiro atoms. The lowest BCUT2D eigenvalue weighted by Gasteiger charge is -2.11. The first kappa shape index (κ1) is 14.3. The molecule has 5 heteroatoms. The summed E-state index contributed by atoms with van der Waals surface area (Å²) in [5.74, 6) is -0.911. The molecule has 1 N–H and O–H groups in total. The zero-order valence-corrected chi connectivity index (χ0v) is 11.9. The minimum Gasteiger partial charge on any atom is -0.477 e. The highest BCUT2D eigenvalue weighted by Gasteiger charge is 2.17. The van der Waals surface area contributed by atoms with E-state index in [0.29, 0.717) is 16.3 Å². The van der Waals surface area contributed by atoms with Gasteiger partial charge in [-0.3, -0.25) is 0 Å². The maximum absolute atomic E-state index is 11.3. The molecular weight excluding hydrogens is 278 g/mol. The van der Waals surface area contributed by atoms with Crippen molar-refractivity contribution in [3.8, 4) is 5.88 Å². The second kappa shape index (κ2) is 5.92. The molecule has 104 valence electrons. The number of hydrogen-bond acceptors (Lipinski definition) is 3. The third-order valence-corrected chi connectivity index (χ3v) is 3.03. The van der Waals surface area contributed by atoms with Crippen LogP contribution in [0.5, 0.6) is 5.88 Å². The molecule has 0 aliphatic carbocycles. The van der Waals surface area contributed by atoms with Gasteiger partial charge in [-0.1, -0.05) is 23.7 Å². The van der Waals surface area contributed by atoms with Crippen LogP contribution in [-0.2, 0) is 6.61 Å². The smallest absolute Gasteiger partial charge is 0.341 e. The number of rotatable bonds is 4. The van der Waals surface area contributed by atoms with E-state index in [4.69, 9.17) is 16.3 Å². The van der Waals surface area contributed by atoms with E-state index in [-0.39, 0.29) is 18.1 Å². The van der Waals surface area contributed by atoms with Gasteiger partial charge in [0.2, 0.25) is 5.88 Å². The van der Waals surface area contributed by atoms with Gasteiger partial charge in [-0.15, -0.1) is 0 Å². The van der Waals surface area contributed by atoms with Crippen LogP contribution in [0.1, 0.15) is 27.2 Å². The van der Waals surface area contributed by atoms with Crippen LogP contribution in [0.25, 0.3) is 0 Å². The van der Waals surface area contributed by atoms with Gasteiger partial charge >= 0.3 is 5.97 Å². The number of halogens is 1. The zero-order chi connectivity index (χ0) is 14.7. The first-order valence-corrected chi connectivity index (χ1v) is 6.44. The Morgan fingerprint density at radius 2 is 2.10 bits per heavy atom. The highest BCUT2D eigenvalue weighted by atomic mass is 35.5. The second-order valence-electron chi connectivity index (χ2n) is 4.48. The number of aryl methyl sites for hydroxylation is 2. The molecule has 20 heavy (non-hydrogen) atoms. The number of aromatic carboxylic acids is 1. The van der Waals surface area contributed by atoms with Crippen molar-refractivity contribution in [3.63, 3.8) is 0 Å². The average molecular weight is 292 g/mol. The van der Waals surface area contributed by atoms with Crippen molar-refractivity contribution in [1.29, 1.82) is 0 Å². The summed E-state index contributed by atoms with van der Waals surface area (Å²) in [5.41, 5.74) is 2.30. The molecule has 0 aliphatic rings. The van der Waals surface area contributed by atoms with Gasteiger partial charge in [0, 0.05) is 10.7 Å². The molecule has 0 radical (unpaired) electrons. The predicted molar refractivity (Wildman–Crippen MR) is 76.5 cm³/mol. The Balaban J connectivity index is 2.27. The summed E-state index contributed by atoms with van der Waals surface area (Å²) in [6, 6.07) is 8.92. The minimum absolute atomic E-state index is 0.0950. The molecule has 0 atom stereocenters. The van der Waals surface area contributed by atoms with Crippen molar-refractivity contribution >= 4 is 17.6 Å². The summed E-state index contributed by atoms with van der Waals surface area (Å²) in [6.07, 6.45) is 0. The second-order valence-corrected chi connectivity index (χ2v) is 4.92. The maximum atomic E-state index is 11.3. The SMILES string of the molecule is Cc1cc(C)c(C(=O)O)c(OCc2cccc(Cl)c2)n1. The number of carboxylic acid groups (broad SMARTS) is 1. The van der Waals surface area contributed by atoms with Gasteiger partial charge in [0.25, 0.3) is 0 Å². The van der Waals surface area contributed by atoms with Crippen LogP contribution in [0.3, 0.4) is 0 Å². The summed E-state index contributed by atoms with van der Waals surface area (Å²) in [7, 11) is 0. The largest absolute Gasteiger partial charge is 0.477 e. The molecular formula is C15H14ClNO3. The third-order valence-electron chi connectivity index (χ3n) is 2.79. The number of ether oxygens (including phenoxy) is 1. The summed E-state index contributed by atoms with van der Waals surface area (Å²) in [5, 5.41) is 9.85. The first-order chi connectivity index (χ1) is 9.47. The monoisotopic (exact) mass is 291 g/mol. The van der Waals surface area contributed by atoms with E-state index < -0.39 is 5.97 Å². The van der Waals surface area contributed by atoms with Gasteiger partial charge in [0.15, 0.2) is 0 Å². The van der Waals surface area contributed by atoms with Gasteiger partial charge in [-0.05, 0) is 43.2 Å². The third kappa shape index (κ3) is 3.27. The Kier molecular flexibility index (Phi) is 4.25. The molecule has 1 heterocycles. The zero-order valence-electron chi connectivity index (χ0n) is 11.2. The van der Waals surface area contributed by atoms with Gasteiger partial charge in [0.05, 0.1) is 0 Å². The molecule has 2 aromatic rings. The van der Waals surface area contributed by atoms with Gasteiger partial charge in [-0.25, -0.2) is 9.78 Å². The van der Waals surface area contributed by atoms with Crippen molar-refractivity contribution in [2.45, 2.75) is 20.5 Å². The minimum atomic E-state index is -1.05. The molecule has 0 bridgehead atoms. The van der Waals surface area contributed by atoms with Crippen molar-refractivity contribution in [2.75, 3.05) is 0 Å². The van der Waals surface area contributed by atoms with Crippen molar-refractivity contribution < 1.29 is 14.6 Å². The highest BCUT2D eigenvalue weighted by Crippen LogP contribution is 2.22. The van der Waals surface area contributed by atoms with Crippen LogP contribution in [0, 0.1) is 13.8 Å². The van der Waals surface area contributed by atoms with E-state index in [0.717, 1.165) is 5.56 Å². The molecule has 0 unspecified atom stereocenters. The van der Waals surface area contributed by atoms with Crippen molar-refractivity contribution in [2.24, 2.45) is 0 Å². The molecule has 0 saturated carbocycles. The van der Waals surface area contributed by atoms with Crippen molar-refractivity contribution in [3.05, 3.63) is 57.7 Å². The van der Waals surface area contributed by atoms with Gasteiger partial charge < -0.3 is 9.84 Å². The summed E-state index contributed by atoms with van der Waals surface area (Å²) in [4.78, 5) is 15.4. The fourth-order valence-corrected chi connectivity index (χ4v) is 2.16. The van der Waals surface area contributed by atoms with E-state index in [1.54, 1.807) is 32.0 Å². The van der Waals surface area contributed by atoms with Gasteiger partial charge in [-0.2, -0.15) is 0 Å². The Bertz CT molecular complexity index is 656. The topological polar surface area (TPSA) is 59.4 Å². The molecule has 0 fully saturated rings. The lowest BCUT2D eigenvalue weighted by atomic mass is 10.1. The van der Waals surface area contributed by atoms with Crippen LogP contribution in [0.15, 0.2) is 30.3 Å². The van der Waals surface area contributed by atoms with E-state index >= 15 is 0 Å². The van der Waals surface area contributed by atoms with E-state index in [9.17, 15) is 9.90 Å². The fourth-order valence-electron chi connectivity index (χ4n) is 1.95. The van der Waals surface area contributed by atoms with Crippen LogP contribution in [-0.4, -0.2) is 16.1 Å². The van der Waals surface area contributed by atoms with Crippen LogP contribution < -0.4 is 4.74 Å². The molecule has 0 saturated heterocycles. The highest BCUT2D eigenvalue weighted by molar-refractivity contribution is 6.30. The molecule has 4 nitrogen and oxygen atoms in total. The number of nitrogens with zero attached hydrogens (tertiary/aromatic N) is 1. The van der Waals surface area contributed by atoms with Gasteiger partial charge in [0.1, 0.15) is 12.2 Å². The maximum Gasteiger partial charge on any atom is 0.341 e. The lowest BCUT2D eigenvalue weighted by molar-refractivity contribution is 0.0689. The number of pyridine rings is 1. The summed E-state index contributed by atoms with van der Waals surface area (Å²) in [6.45, 7) is 3.74. The number of benzene rings is 1. The first-order valence-electron chi connectivity index (χ1n) is 6.06. The Morgan fingerprint density at radius 1 is 1.35 bits per heavy atom. The quantitative estimate of drug-likeness (QED) is 0.934. The van der Waals surface area contributed by atoms with Crippen molar-refractivity contribution in [1.82, 2.24) is 4.98 Å². The lowest BCUT2D eigenvalue weighted by Crippen LogP contribution is -2.08. The number of carbonyl (C=O) groups is 1.